The molecule has 0 N–H and O–H groups in total. The molecule has 1 atom stereocenters. The molecule has 0 saturated carbocycles. The van der Waals surface area contributed by atoms with E-state index in [9.17, 15) is 21.6 Å². The SMILES string of the molecule is CCc1ccc(F)cc1[C@@H](C)N(c1cc(F)ccc1F)S(=O)(=O)c1ccc(Cl)cc1. The number of sulfonamides is 1. The number of aryl methyl sites for hydroxylation is 1. The molecule has 0 bridgehead atoms. The van der Waals surface area contributed by atoms with Gasteiger partial charge in [-0.1, -0.05) is 24.6 Å². The van der Waals surface area contributed by atoms with Gasteiger partial charge < -0.3 is 0 Å². The van der Waals surface area contributed by atoms with Crippen molar-refractivity contribution >= 4 is 27.3 Å². The first-order valence-corrected chi connectivity index (χ1v) is 11.0. The van der Waals surface area contributed by atoms with Crippen molar-refractivity contribution in [2.24, 2.45) is 0 Å². The molecule has 0 radical (unpaired) electrons. The molecule has 3 aromatic rings. The summed E-state index contributed by atoms with van der Waals surface area (Å²) < 4.78 is 70.5. The molecule has 0 unspecified atom stereocenters. The molecular weight excluding hydrogens is 435 g/mol. The van der Waals surface area contributed by atoms with E-state index in [-0.39, 0.29) is 4.90 Å². The van der Waals surface area contributed by atoms with Gasteiger partial charge in [-0.2, -0.15) is 0 Å². The molecule has 3 nitrogen and oxygen atoms in total. The minimum Gasteiger partial charge on any atom is -0.256 e. The van der Waals surface area contributed by atoms with Crippen LogP contribution in [0.15, 0.2) is 65.6 Å². The van der Waals surface area contributed by atoms with Crippen LogP contribution in [0.4, 0.5) is 18.9 Å². The average molecular weight is 454 g/mol. The molecule has 0 heterocycles. The molecule has 0 aliphatic rings. The smallest absolute Gasteiger partial charge is 0.256 e. The maximum Gasteiger partial charge on any atom is 0.264 e. The predicted molar refractivity (Wildman–Crippen MR) is 112 cm³/mol. The monoisotopic (exact) mass is 453 g/mol. The van der Waals surface area contributed by atoms with Gasteiger partial charge in [0, 0.05) is 11.1 Å². The van der Waals surface area contributed by atoms with Crippen LogP contribution in [0.1, 0.15) is 31.0 Å². The van der Waals surface area contributed by atoms with E-state index in [1.807, 2.05) is 6.92 Å². The molecule has 0 fully saturated rings. The summed E-state index contributed by atoms with van der Waals surface area (Å²) in [4.78, 5) is -0.156. The zero-order chi connectivity index (χ0) is 22.1. The van der Waals surface area contributed by atoms with Gasteiger partial charge in [0.2, 0.25) is 0 Å². The molecule has 0 aliphatic heterocycles. The summed E-state index contributed by atoms with van der Waals surface area (Å²) in [6.45, 7) is 3.34. The van der Waals surface area contributed by atoms with Crippen LogP contribution in [0, 0.1) is 17.5 Å². The third-order valence-electron chi connectivity index (χ3n) is 4.81. The fourth-order valence-corrected chi connectivity index (χ4v) is 5.09. The minimum atomic E-state index is -4.35. The zero-order valence-corrected chi connectivity index (χ0v) is 17.8. The highest BCUT2D eigenvalue weighted by molar-refractivity contribution is 7.92. The van der Waals surface area contributed by atoms with Crippen LogP contribution >= 0.6 is 11.6 Å². The van der Waals surface area contributed by atoms with Crippen LogP contribution < -0.4 is 4.31 Å². The first-order valence-electron chi connectivity index (χ1n) is 9.18. The Morgan fingerprint density at radius 2 is 1.53 bits per heavy atom. The predicted octanol–water partition coefficient (Wildman–Crippen LogP) is 6.28. The van der Waals surface area contributed by atoms with E-state index in [4.69, 9.17) is 11.6 Å². The number of benzene rings is 3. The Kier molecular flexibility index (Phi) is 6.43. The second kappa shape index (κ2) is 8.70. The number of hydrogen-bond donors (Lipinski definition) is 0. The highest BCUT2D eigenvalue weighted by Gasteiger charge is 2.33. The van der Waals surface area contributed by atoms with E-state index >= 15 is 0 Å². The van der Waals surface area contributed by atoms with Crippen LogP contribution in [0.3, 0.4) is 0 Å². The molecule has 0 aromatic heterocycles. The molecule has 0 amide bonds. The Morgan fingerprint density at radius 1 is 0.933 bits per heavy atom. The second-order valence-corrected chi connectivity index (χ2v) is 8.97. The third-order valence-corrected chi connectivity index (χ3v) is 6.96. The number of rotatable bonds is 6. The van der Waals surface area contributed by atoms with Crippen LogP contribution in [-0.4, -0.2) is 8.42 Å². The van der Waals surface area contributed by atoms with Crippen molar-refractivity contribution in [3.63, 3.8) is 0 Å². The number of anilines is 1. The Hall–Kier alpha value is -2.51. The molecule has 8 heteroatoms. The first kappa shape index (κ1) is 22.2. The molecule has 3 aromatic carbocycles. The third kappa shape index (κ3) is 4.32. The summed E-state index contributed by atoms with van der Waals surface area (Å²) >= 11 is 5.86. The summed E-state index contributed by atoms with van der Waals surface area (Å²) in [6, 6.07) is 10.9. The van der Waals surface area contributed by atoms with Gasteiger partial charge in [0.05, 0.1) is 16.6 Å². The maximum atomic E-state index is 14.7. The van der Waals surface area contributed by atoms with E-state index in [0.717, 1.165) is 22.5 Å². The minimum absolute atomic E-state index is 0.156. The zero-order valence-electron chi connectivity index (χ0n) is 16.2. The van der Waals surface area contributed by atoms with E-state index in [1.54, 1.807) is 6.07 Å². The number of nitrogens with zero attached hydrogens (tertiary/aromatic N) is 1. The Balaban J connectivity index is 2.26. The lowest BCUT2D eigenvalue weighted by molar-refractivity contribution is 0.568. The Bertz CT molecular complexity index is 1170. The van der Waals surface area contributed by atoms with Crippen molar-refractivity contribution in [1.29, 1.82) is 0 Å². The fraction of sp³-hybridized carbons (Fsp3) is 0.182. The van der Waals surface area contributed by atoms with Crippen LogP contribution in [0.25, 0.3) is 0 Å². The lowest BCUT2D eigenvalue weighted by atomic mass is 9.99. The van der Waals surface area contributed by atoms with Crippen molar-refractivity contribution in [3.05, 3.63) is 94.3 Å². The van der Waals surface area contributed by atoms with Gasteiger partial charge in [0.25, 0.3) is 10.0 Å². The molecule has 30 heavy (non-hydrogen) atoms. The van der Waals surface area contributed by atoms with E-state index in [0.29, 0.717) is 22.6 Å². The standard InChI is InChI=1S/C22H19ClF3NO2S/c1-3-15-4-7-17(24)12-20(15)14(2)27(22-13-18(25)8-11-21(22)26)30(28,29)19-9-5-16(23)6-10-19/h4-14H,3H2,1-2H3/t14-/m1/s1. The highest BCUT2D eigenvalue weighted by Crippen LogP contribution is 2.37. The Labute approximate surface area is 178 Å². The second-order valence-electron chi connectivity index (χ2n) is 6.72. The fourth-order valence-electron chi connectivity index (χ4n) is 3.32. The van der Waals surface area contributed by atoms with Gasteiger partial charge in [-0.05, 0) is 73.0 Å². The van der Waals surface area contributed by atoms with E-state index in [1.165, 1.54) is 43.3 Å². The van der Waals surface area contributed by atoms with Crippen LogP contribution in [0.2, 0.25) is 5.02 Å². The normalized spacial score (nSPS) is 12.6. The number of hydrogen-bond acceptors (Lipinski definition) is 2. The highest BCUT2D eigenvalue weighted by atomic mass is 35.5. The van der Waals surface area contributed by atoms with Gasteiger partial charge in [-0.25, -0.2) is 21.6 Å². The van der Waals surface area contributed by atoms with Crippen molar-refractivity contribution < 1.29 is 21.6 Å². The van der Waals surface area contributed by atoms with E-state index < -0.39 is 39.2 Å². The van der Waals surface area contributed by atoms with Crippen molar-refractivity contribution in [2.45, 2.75) is 31.2 Å². The summed E-state index contributed by atoms with van der Waals surface area (Å²) in [5.41, 5.74) is 0.583. The Morgan fingerprint density at radius 3 is 2.17 bits per heavy atom. The summed E-state index contributed by atoms with van der Waals surface area (Å²) in [6.07, 6.45) is 0.500. The van der Waals surface area contributed by atoms with Gasteiger partial charge in [0.1, 0.15) is 17.5 Å². The average Bonchev–Trinajstić information content (AvgIpc) is 2.70. The van der Waals surface area contributed by atoms with Crippen molar-refractivity contribution in [1.82, 2.24) is 0 Å². The van der Waals surface area contributed by atoms with Crippen LogP contribution in [0.5, 0.6) is 0 Å². The molecular formula is C22H19ClF3NO2S. The van der Waals surface area contributed by atoms with Gasteiger partial charge in [-0.15, -0.1) is 0 Å². The lowest BCUT2D eigenvalue weighted by Crippen LogP contribution is -2.35. The molecule has 158 valence electrons. The maximum absolute atomic E-state index is 14.7. The largest absolute Gasteiger partial charge is 0.264 e. The quantitative estimate of drug-likeness (QED) is 0.440. The molecule has 0 saturated heterocycles. The summed E-state index contributed by atoms with van der Waals surface area (Å²) in [5, 5.41) is 0.323. The van der Waals surface area contributed by atoms with E-state index in [2.05, 4.69) is 0 Å². The van der Waals surface area contributed by atoms with Crippen LogP contribution in [-0.2, 0) is 16.4 Å². The molecule has 3 rings (SSSR count). The topological polar surface area (TPSA) is 37.4 Å². The van der Waals surface area contributed by atoms with Gasteiger partial charge in [0.15, 0.2) is 0 Å². The molecule has 0 aliphatic carbocycles. The van der Waals surface area contributed by atoms with Gasteiger partial charge in [-0.3, -0.25) is 4.31 Å². The molecule has 0 spiro atoms. The van der Waals surface area contributed by atoms with Crippen molar-refractivity contribution in [2.75, 3.05) is 4.31 Å². The number of halogens is 4. The first-order chi connectivity index (χ1) is 14.1. The summed E-state index contributed by atoms with van der Waals surface area (Å²) in [7, 11) is -4.35. The lowest BCUT2D eigenvalue weighted by Gasteiger charge is -2.32. The van der Waals surface area contributed by atoms with Gasteiger partial charge >= 0.3 is 0 Å². The summed E-state index contributed by atoms with van der Waals surface area (Å²) in [5.74, 6) is -2.28. The van der Waals surface area contributed by atoms with Crippen molar-refractivity contribution in [3.8, 4) is 0 Å².